The first-order valence-electron chi connectivity index (χ1n) is 18.5. The minimum Gasteiger partial charge on any atom is -0.456 e. The number of fused-ring (bicyclic) bond motifs is 9. The molecule has 53 heavy (non-hydrogen) atoms. The molecule has 252 valence electrons. The molecule has 0 unspecified atom stereocenters. The van der Waals surface area contributed by atoms with Gasteiger partial charge in [-0.15, -0.1) is 0 Å². The number of hydrogen-bond acceptors (Lipinski definition) is 3. The average Bonchev–Trinajstić information content (AvgIpc) is 3.83. The average molecular weight is 682 g/mol. The molecular formula is C49H35N3O. The number of furan rings is 1. The van der Waals surface area contributed by atoms with Gasteiger partial charge in [0.05, 0.1) is 22.4 Å². The highest BCUT2D eigenvalue weighted by molar-refractivity contribution is 6.11. The van der Waals surface area contributed by atoms with E-state index in [1.54, 1.807) is 0 Å². The Kier molecular flexibility index (Phi) is 6.39. The van der Waals surface area contributed by atoms with E-state index in [9.17, 15) is 0 Å². The van der Waals surface area contributed by atoms with Gasteiger partial charge in [-0.25, -0.2) is 9.97 Å². The van der Waals surface area contributed by atoms with Gasteiger partial charge >= 0.3 is 0 Å². The number of nitrogens with zero attached hydrogens (tertiary/aromatic N) is 3. The van der Waals surface area contributed by atoms with Crippen molar-refractivity contribution in [1.29, 1.82) is 0 Å². The summed E-state index contributed by atoms with van der Waals surface area (Å²) >= 11 is 0. The van der Waals surface area contributed by atoms with E-state index in [2.05, 4.69) is 158 Å². The third-order valence-electron chi connectivity index (χ3n) is 11.5. The lowest BCUT2D eigenvalue weighted by atomic mass is 9.81. The SMILES string of the molecule is CC1(C)c2cc(-c3cccc4c5c(oc34)C=CCC5)ccc2-c2cc3c(cc21)c1ccccc1n3-c1nc(-c2ccccc2)cc(-c2ccccc2)n1. The number of para-hydroxylation sites is 2. The van der Waals surface area contributed by atoms with Gasteiger partial charge in [-0.3, -0.25) is 4.57 Å². The second-order valence-electron chi connectivity index (χ2n) is 14.9. The molecule has 0 bridgehead atoms. The van der Waals surface area contributed by atoms with Gasteiger partial charge in [-0.1, -0.05) is 129 Å². The fraction of sp³-hybridized carbons (Fsp3) is 0.102. The van der Waals surface area contributed by atoms with Crippen LogP contribution >= 0.6 is 0 Å². The summed E-state index contributed by atoms with van der Waals surface area (Å²) < 4.78 is 8.78. The Labute approximate surface area is 307 Å². The van der Waals surface area contributed by atoms with Gasteiger partial charge in [0.1, 0.15) is 11.3 Å². The van der Waals surface area contributed by atoms with Gasteiger partial charge in [-0.2, -0.15) is 0 Å². The number of allylic oxidation sites excluding steroid dienone is 1. The first kappa shape index (κ1) is 30.1. The molecule has 0 amide bonds. The molecule has 0 saturated heterocycles. The minimum absolute atomic E-state index is 0.207. The normalized spacial score (nSPS) is 14.2. The highest BCUT2D eigenvalue weighted by Gasteiger charge is 2.37. The molecule has 0 aliphatic heterocycles. The quantitative estimate of drug-likeness (QED) is 0.186. The number of aromatic nitrogens is 3. The van der Waals surface area contributed by atoms with Gasteiger partial charge in [0.2, 0.25) is 5.95 Å². The van der Waals surface area contributed by atoms with E-state index in [-0.39, 0.29) is 5.41 Å². The summed E-state index contributed by atoms with van der Waals surface area (Å²) in [6.45, 7) is 4.73. The van der Waals surface area contributed by atoms with Crippen LogP contribution in [0.3, 0.4) is 0 Å². The predicted octanol–water partition coefficient (Wildman–Crippen LogP) is 12.6. The lowest BCUT2D eigenvalue weighted by Crippen LogP contribution is -2.15. The van der Waals surface area contributed by atoms with Gasteiger partial charge in [0.15, 0.2) is 0 Å². The second kappa shape index (κ2) is 11.2. The summed E-state index contributed by atoms with van der Waals surface area (Å²) in [4.78, 5) is 10.5. The second-order valence-corrected chi connectivity index (χ2v) is 14.9. The van der Waals surface area contributed by atoms with Crippen molar-refractivity contribution < 1.29 is 4.42 Å². The lowest BCUT2D eigenvalue weighted by molar-refractivity contribution is 0.596. The largest absolute Gasteiger partial charge is 0.456 e. The third-order valence-corrected chi connectivity index (χ3v) is 11.5. The monoisotopic (exact) mass is 681 g/mol. The maximum atomic E-state index is 6.52. The van der Waals surface area contributed by atoms with Crippen LogP contribution in [0.5, 0.6) is 0 Å². The lowest BCUT2D eigenvalue weighted by Gasteiger charge is -2.22. The zero-order valence-corrected chi connectivity index (χ0v) is 29.6. The van der Waals surface area contributed by atoms with E-state index in [1.807, 2.05) is 12.1 Å². The van der Waals surface area contributed by atoms with Crippen molar-refractivity contribution in [3.05, 3.63) is 168 Å². The Morgan fingerprint density at radius 3 is 2.04 bits per heavy atom. The summed E-state index contributed by atoms with van der Waals surface area (Å²) in [6.07, 6.45) is 6.43. The molecule has 2 aliphatic rings. The topological polar surface area (TPSA) is 43.9 Å². The van der Waals surface area contributed by atoms with Gasteiger partial charge in [-0.05, 0) is 77.1 Å². The van der Waals surface area contributed by atoms with Crippen molar-refractivity contribution in [1.82, 2.24) is 14.5 Å². The Balaban J connectivity index is 1.13. The van der Waals surface area contributed by atoms with Crippen LogP contribution in [-0.4, -0.2) is 14.5 Å². The Morgan fingerprint density at radius 2 is 1.26 bits per heavy atom. The minimum atomic E-state index is -0.207. The van der Waals surface area contributed by atoms with Gasteiger partial charge in [0, 0.05) is 43.8 Å². The molecule has 6 aromatic carbocycles. The fourth-order valence-corrected chi connectivity index (χ4v) is 8.85. The van der Waals surface area contributed by atoms with E-state index in [4.69, 9.17) is 14.4 Å². The van der Waals surface area contributed by atoms with Crippen LogP contribution in [0.15, 0.2) is 150 Å². The number of aryl methyl sites for hydroxylation is 1. The molecule has 0 atom stereocenters. The fourth-order valence-electron chi connectivity index (χ4n) is 8.85. The van der Waals surface area contributed by atoms with Crippen molar-refractivity contribution in [2.75, 3.05) is 0 Å². The van der Waals surface area contributed by atoms with Crippen LogP contribution in [-0.2, 0) is 11.8 Å². The molecule has 0 spiro atoms. The number of rotatable bonds is 4. The number of hydrogen-bond donors (Lipinski definition) is 0. The summed E-state index contributed by atoms with van der Waals surface area (Å²) in [6, 6.07) is 49.9. The first-order valence-corrected chi connectivity index (χ1v) is 18.5. The van der Waals surface area contributed by atoms with Crippen molar-refractivity contribution >= 4 is 38.9 Å². The Bertz CT molecular complexity index is 2910. The van der Waals surface area contributed by atoms with Crippen LogP contribution in [0.4, 0.5) is 0 Å². The molecule has 3 aromatic heterocycles. The first-order chi connectivity index (χ1) is 26.0. The molecular weight excluding hydrogens is 647 g/mol. The van der Waals surface area contributed by atoms with Crippen molar-refractivity contribution in [3.8, 4) is 50.7 Å². The summed E-state index contributed by atoms with van der Waals surface area (Å²) in [5, 5.41) is 3.62. The standard InChI is InChI=1S/C49H35N3O/c1-49(2)40-26-32(33-20-13-21-37-36-19-10-12-23-46(36)53-47(33)37)24-25-34(40)38-28-45-39(27-41(38)49)35-18-9-11-22-44(35)52(45)48-50-42(30-14-5-3-6-15-30)29-43(51-48)31-16-7-4-8-17-31/h3-9,11-18,20-29H,10,19H2,1-2H3. The van der Waals surface area contributed by atoms with E-state index < -0.39 is 0 Å². The van der Waals surface area contributed by atoms with Crippen LogP contribution in [0.2, 0.25) is 0 Å². The predicted molar refractivity (Wildman–Crippen MR) is 217 cm³/mol. The maximum Gasteiger partial charge on any atom is 0.235 e. The number of benzene rings is 6. The molecule has 0 saturated carbocycles. The molecule has 3 heterocycles. The summed E-state index contributed by atoms with van der Waals surface area (Å²) in [7, 11) is 0. The molecule has 2 aliphatic carbocycles. The van der Waals surface area contributed by atoms with Gasteiger partial charge in [0.25, 0.3) is 0 Å². The highest BCUT2D eigenvalue weighted by Crippen LogP contribution is 2.52. The zero-order chi connectivity index (χ0) is 35.3. The molecule has 0 N–H and O–H groups in total. The summed E-state index contributed by atoms with van der Waals surface area (Å²) in [5.74, 6) is 1.66. The Hall–Kier alpha value is -6.52. The van der Waals surface area contributed by atoms with Crippen LogP contribution < -0.4 is 0 Å². The van der Waals surface area contributed by atoms with E-state index in [0.717, 1.165) is 63.3 Å². The van der Waals surface area contributed by atoms with Crippen molar-refractivity contribution in [2.24, 2.45) is 0 Å². The van der Waals surface area contributed by atoms with E-state index in [1.165, 1.54) is 49.5 Å². The molecule has 9 aromatic rings. The molecule has 0 fully saturated rings. The third kappa shape index (κ3) is 4.48. The van der Waals surface area contributed by atoms with E-state index >= 15 is 0 Å². The van der Waals surface area contributed by atoms with E-state index in [0.29, 0.717) is 5.95 Å². The highest BCUT2D eigenvalue weighted by atomic mass is 16.3. The molecule has 4 nitrogen and oxygen atoms in total. The van der Waals surface area contributed by atoms with Crippen molar-refractivity contribution in [2.45, 2.75) is 32.1 Å². The summed E-state index contributed by atoms with van der Waals surface area (Å²) in [5.41, 5.74) is 15.7. The zero-order valence-electron chi connectivity index (χ0n) is 29.6. The van der Waals surface area contributed by atoms with Crippen LogP contribution in [0.25, 0.3) is 89.6 Å². The smallest absolute Gasteiger partial charge is 0.235 e. The van der Waals surface area contributed by atoms with Crippen molar-refractivity contribution in [3.63, 3.8) is 0 Å². The Morgan fingerprint density at radius 1 is 0.566 bits per heavy atom. The van der Waals surface area contributed by atoms with Crippen LogP contribution in [0.1, 0.15) is 42.7 Å². The maximum absolute atomic E-state index is 6.52. The molecule has 4 heteroatoms. The molecule has 11 rings (SSSR count). The van der Waals surface area contributed by atoms with Gasteiger partial charge < -0.3 is 4.42 Å². The van der Waals surface area contributed by atoms with Crippen LogP contribution in [0, 0.1) is 0 Å². The molecule has 0 radical (unpaired) electrons.